The predicted molar refractivity (Wildman–Crippen MR) is 83.6 cm³/mol. The maximum atomic E-state index is 3.40. The van der Waals surface area contributed by atoms with Gasteiger partial charge in [-0.15, -0.1) is 11.3 Å². The van der Waals surface area contributed by atoms with Crippen molar-refractivity contribution in [3.05, 3.63) is 55.8 Å². The smallest absolute Gasteiger partial charge is 0.0320 e. The van der Waals surface area contributed by atoms with E-state index < -0.39 is 0 Å². The normalized spacial score (nSPS) is 12.6. The molecule has 1 heterocycles. The van der Waals surface area contributed by atoms with Crippen LogP contribution in [0.1, 0.15) is 22.9 Å². The Labute approximate surface area is 120 Å². The molecule has 0 fully saturated rings. The monoisotopic (exact) mass is 357 g/mol. The maximum Gasteiger partial charge on any atom is 0.0320 e. The number of aryl methyl sites for hydroxylation is 1. The molecule has 2 rings (SSSR count). The van der Waals surface area contributed by atoms with Gasteiger partial charge in [0.1, 0.15) is 0 Å². The highest BCUT2D eigenvalue weighted by Crippen LogP contribution is 2.21. The van der Waals surface area contributed by atoms with Crippen LogP contribution in [0.15, 0.2) is 41.8 Å². The average Bonchev–Trinajstić information content (AvgIpc) is 2.85. The molecular weight excluding hydrogens is 341 g/mol. The van der Waals surface area contributed by atoms with E-state index in [9.17, 15) is 0 Å². The molecule has 1 aromatic heterocycles. The highest BCUT2D eigenvalue weighted by Gasteiger charge is 2.09. The van der Waals surface area contributed by atoms with Gasteiger partial charge >= 0.3 is 0 Å². The van der Waals surface area contributed by atoms with E-state index in [0.717, 1.165) is 12.8 Å². The Hall–Kier alpha value is -0.390. The van der Waals surface area contributed by atoms with E-state index >= 15 is 0 Å². The second-order valence-corrected chi connectivity index (χ2v) is 6.29. The minimum absolute atomic E-state index is 0.453. The molecule has 0 amide bonds. The van der Waals surface area contributed by atoms with Gasteiger partial charge < -0.3 is 5.32 Å². The van der Waals surface area contributed by atoms with Gasteiger partial charge in [-0.05, 0) is 71.6 Å². The van der Waals surface area contributed by atoms with Gasteiger partial charge in [0.2, 0.25) is 0 Å². The summed E-state index contributed by atoms with van der Waals surface area (Å²) in [6.45, 7) is 0. The molecule has 17 heavy (non-hydrogen) atoms. The molecule has 0 aliphatic carbocycles. The molecule has 0 saturated carbocycles. The van der Waals surface area contributed by atoms with Crippen LogP contribution in [0.5, 0.6) is 0 Å². The third kappa shape index (κ3) is 3.79. The van der Waals surface area contributed by atoms with Gasteiger partial charge in [-0.2, -0.15) is 0 Å². The predicted octanol–water partition coefficient (Wildman–Crippen LogP) is 4.25. The first-order valence-corrected chi connectivity index (χ1v) is 7.70. The Morgan fingerprint density at radius 3 is 2.59 bits per heavy atom. The van der Waals surface area contributed by atoms with Crippen molar-refractivity contribution in [2.45, 2.75) is 18.9 Å². The van der Waals surface area contributed by atoms with Crippen LogP contribution in [0.4, 0.5) is 0 Å². The molecule has 0 saturated heterocycles. The largest absolute Gasteiger partial charge is 0.313 e. The summed E-state index contributed by atoms with van der Waals surface area (Å²) in [5.74, 6) is 0. The number of halogens is 1. The zero-order valence-corrected chi connectivity index (χ0v) is 12.8. The number of benzene rings is 1. The Morgan fingerprint density at radius 2 is 2.00 bits per heavy atom. The number of hydrogen-bond acceptors (Lipinski definition) is 2. The molecule has 3 heteroatoms. The Bertz CT molecular complexity index is 436. The molecule has 1 N–H and O–H groups in total. The molecular formula is C14H16INS. The van der Waals surface area contributed by atoms with Crippen molar-refractivity contribution in [2.24, 2.45) is 0 Å². The third-order valence-electron chi connectivity index (χ3n) is 2.88. The van der Waals surface area contributed by atoms with Crippen LogP contribution in [-0.4, -0.2) is 7.05 Å². The lowest BCUT2D eigenvalue weighted by atomic mass is 10.0. The summed E-state index contributed by atoms with van der Waals surface area (Å²) in [5.41, 5.74) is 1.38. The molecule has 0 aliphatic rings. The van der Waals surface area contributed by atoms with Gasteiger partial charge in [-0.3, -0.25) is 0 Å². The second-order valence-electron chi connectivity index (χ2n) is 4.01. The first-order chi connectivity index (χ1) is 8.29. The van der Waals surface area contributed by atoms with Gasteiger partial charge in [0.25, 0.3) is 0 Å². The second kappa shape index (κ2) is 6.52. The summed E-state index contributed by atoms with van der Waals surface area (Å²) < 4.78 is 1.29. The van der Waals surface area contributed by atoms with Crippen LogP contribution >= 0.6 is 33.9 Å². The fourth-order valence-electron chi connectivity index (χ4n) is 1.91. The van der Waals surface area contributed by atoms with Crippen molar-refractivity contribution in [3.63, 3.8) is 0 Å². The molecule has 0 radical (unpaired) electrons. The summed E-state index contributed by atoms with van der Waals surface area (Å²) in [6.07, 6.45) is 2.30. The topological polar surface area (TPSA) is 12.0 Å². The van der Waals surface area contributed by atoms with Crippen LogP contribution in [0.3, 0.4) is 0 Å². The molecule has 1 nitrogen and oxygen atoms in total. The molecule has 0 aliphatic heterocycles. The summed E-state index contributed by atoms with van der Waals surface area (Å²) in [7, 11) is 2.04. The SMILES string of the molecule is CNC(CCc1cccs1)c1ccc(I)cc1. The van der Waals surface area contributed by atoms with Crippen LogP contribution in [0.2, 0.25) is 0 Å². The van der Waals surface area contributed by atoms with Crippen molar-refractivity contribution in [1.82, 2.24) is 5.32 Å². The van der Waals surface area contributed by atoms with E-state index in [1.165, 1.54) is 14.0 Å². The quantitative estimate of drug-likeness (QED) is 0.789. The molecule has 1 unspecified atom stereocenters. The summed E-state index contributed by atoms with van der Waals surface area (Å²) in [4.78, 5) is 1.47. The van der Waals surface area contributed by atoms with Crippen LogP contribution in [-0.2, 0) is 6.42 Å². The zero-order chi connectivity index (χ0) is 12.1. The third-order valence-corrected chi connectivity index (χ3v) is 4.54. The number of rotatable bonds is 5. The van der Waals surface area contributed by atoms with Crippen molar-refractivity contribution >= 4 is 33.9 Å². The molecule has 1 aromatic carbocycles. The summed E-state index contributed by atoms with van der Waals surface area (Å²) in [5, 5.41) is 5.55. The molecule has 90 valence electrons. The van der Waals surface area contributed by atoms with E-state index in [2.05, 4.69) is 69.7 Å². The Morgan fingerprint density at radius 1 is 1.24 bits per heavy atom. The van der Waals surface area contributed by atoms with Gasteiger partial charge in [0, 0.05) is 14.5 Å². The lowest BCUT2D eigenvalue weighted by molar-refractivity contribution is 0.551. The van der Waals surface area contributed by atoms with E-state index in [-0.39, 0.29) is 0 Å². The number of hydrogen-bond donors (Lipinski definition) is 1. The van der Waals surface area contributed by atoms with E-state index in [0.29, 0.717) is 6.04 Å². The Kier molecular flexibility index (Phi) is 5.00. The molecule has 1 atom stereocenters. The van der Waals surface area contributed by atoms with Gasteiger partial charge in [-0.1, -0.05) is 18.2 Å². The fourth-order valence-corrected chi connectivity index (χ4v) is 3.00. The first kappa shape index (κ1) is 13.1. The number of thiophene rings is 1. The van der Waals surface area contributed by atoms with E-state index in [1.807, 2.05) is 18.4 Å². The maximum absolute atomic E-state index is 3.40. The molecule has 2 aromatic rings. The van der Waals surface area contributed by atoms with Crippen molar-refractivity contribution in [2.75, 3.05) is 7.05 Å². The Balaban J connectivity index is 1.99. The van der Waals surface area contributed by atoms with Crippen LogP contribution < -0.4 is 5.32 Å². The lowest BCUT2D eigenvalue weighted by Gasteiger charge is -2.16. The summed E-state index contributed by atoms with van der Waals surface area (Å²) in [6, 6.07) is 13.6. The number of nitrogens with one attached hydrogen (secondary N) is 1. The van der Waals surface area contributed by atoms with E-state index in [4.69, 9.17) is 0 Å². The van der Waals surface area contributed by atoms with Crippen molar-refractivity contribution < 1.29 is 0 Å². The zero-order valence-electron chi connectivity index (χ0n) is 9.82. The minimum Gasteiger partial charge on any atom is -0.313 e. The van der Waals surface area contributed by atoms with Crippen LogP contribution in [0.25, 0.3) is 0 Å². The molecule has 0 spiro atoms. The van der Waals surface area contributed by atoms with Gasteiger partial charge in [0.15, 0.2) is 0 Å². The van der Waals surface area contributed by atoms with Crippen LogP contribution in [0, 0.1) is 3.57 Å². The highest BCUT2D eigenvalue weighted by atomic mass is 127. The van der Waals surface area contributed by atoms with E-state index in [1.54, 1.807) is 0 Å². The van der Waals surface area contributed by atoms with Crippen molar-refractivity contribution in [1.29, 1.82) is 0 Å². The van der Waals surface area contributed by atoms with Crippen molar-refractivity contribution in [3.8, 4) is 0 Å². The first-order valence-electron chi connectivity index (χ1n) is 5.74. The standard InChI is InChI=1S/C14H16INS/c1-16-14(9-8-13-3-2-10-17-13)11-4-6-12(15)7-5-11/h2-7,10,14,16H,8-9H2,1H3. The summed E-state index contributed by atoms with van der Waals surface area (Å²) >= 11 is 4.19. The minimum atomic E-state index is 0.453. The van der Waals surface area contributed by atoms with Gasteiger partial charge in [-0.25, -0.2) is 0 Å². The van der Waals surface area contributed by atoms with Gasteiger partial charge in [0.05, 0.1) is 0 Å². The lowest BCUT2D eigenvalue weighted by Crippen LogP contribution is -2.16. The average molecular weight is 357 g/mol. The fraction of sp³-hybridized carbons (Fsp3) is 0.286. The highest BCUT2D eigenvalue weighted by molar-refractivity contribution is 14.1. The molecule has 0 bridgehead atoms.